The van der Waals surface area contributed by atoms with E-state index in [-0.39, 0.29) is 11.3 Å². The third kappa shape index (κ3) is 4.49. The Labute approximate surface area is 229 Å². The van der Waals surface area contributed by atoms with Crippen LogP contribution in [0, 0.1) is 10.1 Å². The van der Waals surface area contributed by atoms with E-state index in [0.29, 0.717) is 11.3 Å². The number of nitrogens with one attached hydrogen (secondary N) is 1. The molecule has 0 atom stereocenters. The molecule has 0 aliphatic carbocycles. The number of rotatable bonds is 7. The summed E-state index contributed by atoms with van der Waals surface area (Å²) in [5, 5.41) is 22.3. The maximum Gasteiger partial charge on any atom is 0.271 e. The van der Waals surface area contributed by atoms with Crippen LogP contribution in [0.25, 0.3) is 38.8 Å². The van der Waals surface area contributed by atoms with Gasteiger partial charge in [-0.3, -0.25) is 14.9 Å². The fourth-order valence-corrected chi connectivity index (χ4v) is 4.92. The Kier molecular flexibility index (Phi) is 6.37. The van der Waals surface area contributed by atoms with Crippen LogP contribution >= 0.6 is 0 Å². The number of amides is 1. The zero-order valence-electron chi connectivity index (χ0n) is 21.6. The van der Waals surface area contributed by atoms with E-state index in [2.05, 4.69) is 58.4 Å². The molecule has 0 aliphatic rings. The number of carbonyl (C=O) groups is 1. The second kappa shape index (κ2) is 10.3. The Morgan fingerprint density at radius 1 is 0.950 bits per heavy atom. The van der Waals surface area contributed by atoms with Crippen LogP contribution in [0.4, 0.5) is 5.69 Å². The van der Waals surface area contributed by atoms with E-state index >= 15 is 0 Å². The van der Waals surface area contributed by atoms with Crippen molar-refractivity contribution in [3.8, 4) is 16.9 Å². The van der Waals surface area contributed by atoms with Crippen LogP contribution in [-0.2, 0) is 6.54 Å². The highest BCUT2D eigenvalue weighted by Crippen LogP contribution is 2.33. The number of carbonyl (C=O) groups excluding carboxylic acids is 1. The molecule has 6 aromatic rings. The number of nitro groups is 1. The van der Waals surface area contributed by atoms with Gasteiger partial charge in [-0.2, -0.15) is 10.2 Å². The van der Waals surface area contributed by atoms with Gasteiger partial charge < -0.3 is 4.57 Å². The van der Waals surface area contributed by atoms with Gasteiger partial charge in [-0.25, -0.2) is 10.1 Å². The van der Waals surface area contributed by atoms with Gasteiger partial charge >= 0.3 is 0 Å². The molecule has 4 aromatic carbocycles. The molecular weight excluding hydrogens is 504 g/mol. The van der Waals surface area contributed by atoms with E-state index in [1.54, 1.807) is 10.9 Å². The number of hydrogen-bond donors (Lipinski definition) is 1. The van der Waals surface area contributed by atoms with E-state index < -0.39 is 10.8 Å². The summed E-state index contributed by atoms with van der Waals surface area (Å²) in [5.41, 5.74) is 8.26. The molecule has 0 saturated carbocycles. The van der Waals surface area contributed by atoms with Gasteiger partial charge in [-0.1, -0.05) is 42.5 Å². The normalized spacial score (nSPS) is 11.4. The van der Waals surface area contributed by atoms with Crippen molar-refractivity contribution in [3.63, 3.8) is 0 Å². The van der Waals surface area contributed by atoms with Crippen LogP contribution in [0.1, 0.15) is 22.8 Å². The molecule has 6 rings (SSSR count). The molecule has 0 bridgehead atoms. The number of nitro benzene ring substituents is 1. The summed E-state index contributed by atoms with van der Waals surface area (Å²) >= 11 is 0. The Bertz CT molecular complexity index is 1900. The lowest BCUT2D eigenvalue weighted by Crippen LogP contribution is -2.17. The first-order chi connectivity index (χ1) is 19.5. The van der Waals surface area contributed by atoms with Crippen LogP contribution in [0.5, 0.6) is 0 Å². The lowest BCUT2D eigenvalue weighted by molar-refractivity contribution is -0.384. The topological polar surface area (TPSA) is 107 Å². The standard InChI is InChI=1S/C31H24N6O3/c1-2-35-28-11-7-6-10-26(28)27-18-22(14-17-29(27)35)30-23(20-36(34-30)24-8-4-3-5-9-24)19-32-33-31(38)21-12-15-25(16-13-21)37(39)40/h3-20H,2H2,1H3,(H,33,38)/b32-19+. The third-order valence-corrected chi connectivity index (χ3v) is 6.84. The molecule has 0 aliphatic heterocycles. The SMILES string of the molecule is CCn1c2ccccc2c2cc(-c3nn(-c4ccccc4)cc3/C=N/NC(=O)c3ccc([N+](=O)[O-])cc3)ccc21. The fraction of sp³-hybridized carbons (Fsp3) is 0.0645. The van der Waals surface area contributed by atoms with Gasteiger partial charge in [-0.05, 0) is 49.4 Å². The van der Waals surface area contributed by atoms with E-state index in [1.165, 1.54) is 35.2 Å². The lowest BCUT2D eigenvalue weighted by atomic mass is 10.0. The van der Waals surface area contributed by atoms with Gasteiger partial charge in [-0.15, -0.1) is 0 Å². The van der Waals surface area contributed by atoms with Crippen LogP contribution in [0.15, 0.2) is 108 Å². The quantitative estimate of drug-likeness (QED) is 0.148. The monoisotopic (exact) mass is 528 g/mol. The van der Waals surface area contributed by atoms with Crippen LogP contribution in [-0.4, -0.2) is 31.4 Å². The molecular formula is C31H24N6O3. The summed E-state index contributed by atoms with van der Waals surface area (Å²) in [6.07, 6.45) is 3.43. The van der Waals surface area contributed by atoms with Crippen molar-refractivity contribution < 1.29 is 9.72 Å². The summed E-state index contributed by atoms with van der Waals surface area (Å²) < 4.78 is 4.08. The Hall–Kier alpha value is -5.57. The van der Waals surface area contributed by atoms with Gasteiger partial charge in [0.25, 0.3) is 11.6 Å². The van der Waals surface area contributed by atoms with Crippen LogP contribution in [0.3, 0.4) is 0 Å². The zero-order valence-corrected chi connectivity index (χ0v) is 21.6. The molecule has 0 unspecified atom stereocenters. The summed E-state index contributed by atoms with van der Waals surface area (Å²) in [4.78, 5) is 23.0. The minimum Gasteiger partial charge on any atom is -0.341 e. The summed E-state index contributed by atoms with van der Waals surface area (Å²) in [5.74, 6) is -0.475. The molecule has 0 spiro atoms. The highest BCUT2D eigenvalue weighted by Gasteiger charge is 2.15. The Balaban J connectivity index is 1.38. The first-order valence-electron chi connectivity index (χ1n) is 12.8. The van der Waals surface area contributed by atoms with Gasteiger partial charge in [0.1, 0.15) is 5.69 Å². The molecule has 0 saturated heterocycles. The van der Waals surface area contributed by atoms with Crippen molar-refractivity contribution in [2.45, 2.75) is 13.5 Å². The van der Waals surface area contributed by atoms with E-state index in [9.17, 15) is 14.9 Å². The lowest BCUT2D eigenvalue weighted by Gasteiger charge is -2.04. The molecule has 2 aromatic heterocycles. The van der Waals surface area contributed by atoms with Crippen molar-refractivity contribution >= 4 is 39.6 Å². The average Bonchev–Trinajstić information content (AvgIpc) is 3.56. The second-order valence-electron chi connectivity index (χ2n) is 9.21. The Morgan fingerprint density at radius 3 is 2.42 bits per heavy atom. The largest absolute Gasteiger partial charge is 0.341 e. The van der Waals surface area contributed by atoms with Crippen molar-refractivity contribution in [3.05, 3.63) is 124 Å². The van der Waals surface area contributed by atoms with E-state index in [0.717, 1.165) is 28.7 Å². The summed E-state index contributed by atoms with van der Waals surface area (Å²) in [6, 6.07) is 29.8. The molecule has 1 amide bonds. The predicted molar refractivity (Wildman–Crippen MR) is 156 cm³/mol. The highest BCUT2D eigenvalue weighted by molar-refractivity contribution is 6.09. The molecule has 1 N–H and O–H groups in total. The minimum atomic E-state index is -0.511. The molecule has 0 fully saturated rings. The highest BCUT2D eigenvalue weighted by atomic mass is 16.6. The number of aryl methyl sites for hydroxylation is 1. The maximum atomic E-state index is 12.6. The number of benzene rings is 4. The van der Waals surface area contributed by atoms with E-state index in [4.69, 9.17) is 5.10 Å². The molecule has 196 valence electrons. The smallest absolute Gasteiger partial charge is 0.271 e. The molecule has 9 heteroatoms. The third-order valence-electron chi connectivity index (χ3n) is 6.84. The van der Waals surface area contributed by atoms with Crippen molar-refractivity contribution in [2.75, 3.05) is 0 Å². The zero-order chi connectivity index (χ0) is 27.6. The Morgan fingerprint density at radius 2 is 1.68 bits per heavy atom. The number of fused-ring (bicyclic) bond motifs is 3. The van der Waals surface area contributed by atoms with Gasteiger partial charge in [0.15, 0.2) is 0 Å². The first kappa shape index (κ1) is 24.7. The molecule has 40 heavy (non-hydrogen) atoms. The summed E-state index contributed by atoms with van der Waals surface area (Å²) in [6.45, 7) is 3.00. The molecule has 2 heterocycles. The molecule has 0 radical (unpaired) electrons. The fourth-order valence-electron chi connectivity index (χ4n) is 4.92. The van der Waals surface area contributed by atoms with Crippen LogP contribution < -0.4 is 5.43 Å². The number of para-hydroxylation sites is 2. The second-order valence-corrected chi connectivity index (χ2v) is 9.21. The summed E-state index contributed by atoms with van der Waals surface area (Å²) in [7, 11) is 0. The van der Waals surface area contributed by atoms with Crippen molar-refractivity contribution in [2.24, 2.45) is 5.10 Å². The number of nitrogens with zero attached hydrogens (tertiary/aromatic N) is 5. The number of hydrazone groups is 1. The van der Waals surface area contributed by atoms with Gasteiger partial charge in [0.2, 0.25) is 0 Å². The number of hydrogen-bond acceptors (Lipinski definition) is 5. The maximum absolute atomic E-state index is 12.6. The molecule has 9 nitrogen and oxygen atoms in total. The minimum absolute atomic E-state index is 0.0861. The van der Waals surface area contributed by atoms with Crippen LogP contribution in [0.2, 0.25) is 0 Å². The average molecular weight is 529 g/mol. The first-order valence-corrected chi connectivity index (χ1v) is 12.8. The van der Waals surface area contributed by atoms with Crippen molar-refractivity contribution in [1.82, 2.24) is 19.8 Å². The van der Waals surface area contributed by atoms with Gasteiger partial charge in [0, 0.05) is 63.4 Å². The van der Waals surface area contributed by atoms with E-state index in [1.807, 2.05) is 42.6 Å². The number of non-ortho nitro benzene ring substituents is 1. The number of aromatic nitrogens is 3. The van der Waals surface area contributed by atoms with Gasteiger partial charge in [0.05, 0.1) is 16.8 Å². The predicted octanol–water partition coefficient (Wildman–Crippen LogP) is 6.34. The van der Waals surface area contributed by atoms with Crippen molar-refractivity contribution in [1.29, 1.82) is 0 Å².